The van der Waals surface area contributed by atoms with Gasteiger partial charge in [0.1, 0.15) is 0 Å². The number of nitrogens with zero attached hydrogens (tertiary/aromatic N) is 1. The van der Waals surface area contributed by atoms with Crippen LogP contribution in [0.4, 0.5) is 4.39 Å². The number of carbonyl (C=O) groups is 1. The Hall–Kier alpha value is -2.63. The molecule has 0 fully saturated rings. The molecule has 7 nitrogen and oxygen atoms in total. The van der Waals surface area contributed by atoms with Crippen molar-refractivity contribution in [2.24, 2.45) is 0 Å². The van der Waals surface area contributed by atoms with E-state index in [4.69, 9.17) is 16.3 Å². The van der Waals surface area contributed by atoms with Gasteiger partial charge in [0, 0.05) is 12.1 Å². The van der Waals surface area contributed by atoms with E-state index >= 15 is 0 Å². The number of sulfonamides is 2. The number of ketones is 1. The van der Waals surface area contributed by atoms with Crippen molar-refractivity contribution in [3.8, 4) is 0 Å². The number of alkyl halides is 2. The van der Waals surface area contributed by atoms with Crippen LogP contribution in [-0.2, 0) is 24.8 Å². The van der Waals surface area contributed by atoms with Crippen LogP contribution >= 0.6 is 11.6 Å². The average Bonchev–Trinajstić information content (AvgIpc) is 2.88. The molecule has 0 aliphatic heterocycles. The van der Waals surface area contributed by atoms with Crippen LogP contribution in [0.3, 0.4) is 0 Å². The molecule has 0 radical (unpaired) electrons. The van der Waals surface area contributed by atoms with Gasteiger partial charge in [-0.1, -0.05) is 70.4 Å². The van der Waals surface area contributed by atoms with E-state index in [1.807, 2.05) is 0 Å². The molecule has 1 unspecified atom stereocenters. The molecule has 0 aliphatic carbocycles. The molecular formula is C24H23ClFNO6S2. The molecule has 3 rings (SSSR count). The van der Waals surface area contributed by atoms with Gasteiger partial charge in [0.05, 0.1) is 21.8 Å². The molecule has 0 bridgehead atoms. The van der Waals surface area contributed by atoms with E-state index in [1.54, 1.807) is 30.3 Å². The van der Waals surface area contributed by atoms with Gasteiger partial charge in [0.25, 0.3) is 26.4 Å². The van der Waals surface area contributed by atoms with E-state index in [-0.39, 0.29) is 21.8 Å². The van der Waals surface area contributed by atoms with Crippen molar-refractivity contribution in [3.05, 3.63) is 96.6 Å². The Morgan fingerprint density at radius 3 is 1.69 bits per heavy atom. The van der Waals surface area contributed by atoms with E-state index in [0.717, 1.165) is 0 Å². The summed E-state index contributed by atoms with van der Waals surface area (Å²) in [4.78, 5) is 11.7. The van der Waals surface area contributed by atoms with Crippen molar-refractivity contribution >= 4 is 37.4 Å². The molecule has 0 aromatic heterocycles. The van der Waals surface area contributed by atoms with Crippen LogP contribution in [0.2, 0.25) is 0 Å². The van der Waals surface area contributed by atoms with Crippen molar-refractivity contribution in [2.45, 2.75) is 27.9 Å². The van der Waals surface area contributed by atoms with Gasteiger partial charge in [-0.15, -0.1) is 11.6 Å². The number of benzene rings is 3. The molecule has 0 spiro atoms. The summed E-state index contributed by atoms with van der Waals surface area (Å²) in [5, 5.41) is -0.976. The first-order chi connectivity index (χ1) is 16.6. The molecule has 11 heteroatoms. The summed E-state index contributed by atoms with van der Waals surface area (Å²) in [5.41, 5.74) is 0.125. The Balaban J connectivity index is 1.74. The number of hydrogen-bond acceptors (Lipinski definition) is 6. The number of ether oxygens (including phenoxy) is 1. The third-order valence-corrected chi connectivity index (χ3v) is 9.63. The van der Waals surface area contributed by atoms with Crippen molar-refractivity contribution in [1.29, 1.82) is 0 Å². The minimum Gasteiger partial charge on any atom is -0.341 e. The van der Waals surface area contributed by atoms with E-state index in [9.17, 15) is 26.0 Å². The molecule has 0 heterocycles. The van der Waals surface area contributed by atoms with Crippen molar-refractivity contribution in [3.63, 3.8) is 0 Å². The van der Waals surface area contributed by atoms with Crippen molar-refractivity contribution < 1.29 is 30.8 Å². The maximum absolute atomic E-state index is 14.2. The monoisotopic (exact) mass is 539 g/mol. The standard InChI is InChI=1S/C24H23ClFNO6S2/c25-20(18-33-24(26)23(28)19-10-4-1-5-11-19)16-17-27(34(29,30)21-12-6-2-7-13-21)35(31,32)22-14-8-3-9-15-22/h1-15,20,24H,16-18H2/t20?,24-/m1/s1. The third kappa shape index (κ3) is 6.74. The molecular weight excluding hydrogens is 517 g/mol. The SMILES string of the molecule is O=C(c1ccccc1)[C@H](F)OCC(Cl)CCN(S(=O)(=O)c1ccccc1)S(=O)(=O)c1ccccc1. The normalized spacial score (nSPS) is 13.9. The maximum Gasteiger partial charge on any atom is 0.263 e. The average molecular weight is 540 g/mol. The molecule has 0 saturated heterocycles. The van der Waals surface area contributed by atoms with Gasteiger partial charge in [0.15, 0.2) is 0 Å². The third-order valence-electron chi connectivity index (χ3n) is 4.93. The molecule has 0 amide bonds. The highest BCUT2D eigenvalue weighted by molar-refractivity contribution is 8.04. The number of halogens is 2. The molecule has 0 N–H and O–H groups in total. The molecule has 2 atom stereocenters. The molecule has 3 aromatic rings. The van der Waals surface area contributed by atoms with Crippen molar-refractivity contribution in [1.82, 2.24) is 3.71 Å². The predicted molar refractivity (Wildman–Crippen MR) is 130 cm³/mol. The van der Waals surface area contributed by atoms with E-state index in [0.29, 0.717) is 3.71 Å². The molecule has 35 heavy (non-hydrogen) atoms. The zero-order valence-corrected chi connectivity index (χ0v) is 20.8. The lowest BCUT2D eigenvalue weighted by Gasteiger charge is -2.23. The summed E-state index contributed by atoms with van der Waals surface area (Å²) >= 11 is 6.19. The lowest BCUT2D eigenvalue weighted by molar-refractivity contribution is -0.0210. The summed E-state index contributed by atoms with van der Waals surface area (Å²) in [6, 6.07) is 22.0. The van der Waals surface area contributed by atoms with Crippen LogP contribution in [0, 0.1) is 0 Å². The summed E-state index contributed by atoms with van der Waals surface area (Å²) in [6.45, 7) is -0.957. The predicted octanol–water partition coefficient (Wildman–Crippen LogP) is 4.26. The fraction of sp³-hybridized carbons (Fsp3) is 0.208. The first-order valence-electron chi connectivity index (χ1n) is 10.5. The minimum absolute atomic E-state index is 0.125. The quantitative estimate of drug-likeness (QED) is 0.252. The summed E-state index contributed by atoms with van der Waals surface area (Å²) in [7, 11) is -8.93. The minimum atomic E-state index is -4.47. The van der Waals surface area contributed by atoms with Crippen LogP contribution < -0.4 is 0 Å². The van der Waals surface area contributed by atoms with Gasteiger partial charge in [-0.25, -0.2) is 21.2 Å². The Bertz CT molecular complexity index is 1250. The lowest BCUT2D eigenvalue weighted by Crippen LogP contribution is -2.39. The highest BCUT2D eigenvalue weighted by Gasteiger charge is 2.36. The molecule has 0 aliphatic rings. The second-order valence-corrected chi connectivity index (χ2v) is 12.0. The molecule has 186 valence electrons. The Morgan fingerprint density at radius 1 is 0.800 bits per heavy atom. The number of Topliss-reactive ketones (excluding diaryl/α,β-unsaturated/α-hetero) is 1. The number of carbonyl (C=O) groups excluding carboxylic acids is 1. The largest absolute Gasteiger partial charge is 0.341 e. The van der Waals surface area contributed by atoms with Gasteiger partial charge < -0.3 is 4.74 Å². The lowest BCUT2D eigenvalue weighted by atomic mass is 10.1. The van der Waals surface area contributed by atoms with E-state index < -0.39 is 50.7 Å². The van der Waals surface area contributed by atoms with Crippen LogP contribution in [0.15, 0.2) is 101 Å². The topological polar surface area (TPSA) is 97.8 Å². The summed E-state index contributed by atoms with van der Waals surface area (Å²) in [5.74, 6) is -0.880. The fourth-order valence-corrected chi connectivity index (χ4v) is 7.00. The highest BCUT2D eigenvalue weighted by atomic mass is 35.5. The summed E-state index contributed by atoms with van der Waals surface area (Å²) < 4.78 is 72.5. The number of hydrogen-bond donors (Lipinski definition) is 0. The zero-order chi connectivity index (χ0) is 25.5. The Kier molecular flexibility index (Phi) is 9.15. The first-order valence-corrected chi connectivity index (χ1v) is 13.8. The fourth-order valence-electron chi connectivity index (χ4n) is 3.12. The molecule has 0 saturated carbocycles. The van der Waals surface area contributed by atoms with Gasteiger partial charge in [-0.05, 0) is 30.7 Å². The second kappa shape index (κ2) is 11.9. The van der Waals surface area contributed by atoms with Gasteiger partial charge in [0.2, 0.25) is 5.78 Å². The van der Waals surface area contributed by atoms with Gasteiger partial charge >= 0.3 is 0 Å². The van der Waals surface area contributed by atoms with Gasteiger partial charge in [-0.2, -0.15) is 0 Å². The van der Waals surface area contributed by atoms with Crippen LogP contribution in [0.5, 0.6) is 0 Å². The smallest absolute Gasteiger partial charge is 0.263 e. The van der Waals surface area contributed by atoms with Crippen molar-refractivity contribution in [2.75, 3.05) is 13.2 Å². The van der Waals surface area contributed by atoms with Crippen LogP contribution in [0.25, 0.3) is 0 Å². The Labute approximate surface area is 209 Å². The van der Waals surface area contributed by atoms with Crippen LogP contribution in [0.1, 0.15) is 16.8 Å². The molecule has 3 aromatic carbocycles. The number of rotatable bonds is 12. The van der Waals surface area contributed by atoms with Gasteiger partial charge in [-0.3, -0.25) is 4.79 Å². The Morgan fingerprint density at radius 2 is 1.23 bits per heavy atom. The zero-order valence-electron chi connectivity index (χ0n) is 18.4. The van der Waals surface area contributed by atoms with E-state index in [1.165, 1.54) is 60.7 Å². The van der Waals surface area contributed by atoms with E-state index in [2.05, 4.69) is 0 Å². The second-order valence-electron chi connectivity index (χ2n) is 7.40. The first kappa shape index (κ1) is 27.0. The van der Waals surface area contributed by atoms with Crippen LogP contribution in [-0.4, -0.2) is 51.2 Å². The maximum atomic E-state index is 14.2. The summed E-state index contributed by atoms with van der Waals surface area (Å²) in [6.07, 6.45) is -2.46. The highest BCUT2D eigenvalue weighted by Crippen LogP contribution is 2.25.